The zero-order valence-electron chi connectivity index (χ0n) is 9.16. The van der Waals surface area contributed by atoms with Gasteiger partial charge in [0.2, 0.25) is 0 Å². The van der Waals surface area contributed by atoms with Gasteiger partial charge in [0.05, 0.1) is 10.0 Å². The summed E-state index contributed by atoms with van der Waals surface area (Å²) in [4.78, 5) is 3.97. The van der Waals surface area contributed by atoms with E-state index in [1.807, 2.05) is 30.3 Å². The van der Waals surface area contributed by atoms with E-state index in [-0.39, 0.29) is 0 Å². The average molecular weight is 267 g/mol. The highest BCUT2D eigenvalue weighted by molar-refractivity contribution is 6.42. The molecule has 0 spiro atoms. The monoisotopic (exact) mass is 266 g/mol. The lowest BCUT2D eigenvalue weighted by molar-refractivity contribution is 0.693. The average Bonchev–Trinajstić information content (AvgIpc) is 2.35. The molecule has 2 rings (SSSR count). The highest BCUT2D eigenvalue weighted by Crippen LogP contribution is 2.22. The number of benzene rings is 1. The first-order chi connectivity index (χ1) is 8.25. The molecule has 0 unspecified atom stereocenters. The summed E-state index contributed by atoms with van der Waals surface area (Å²) in [5, 5.41) is 4.52. The predicted molar refractivity (Wildman–Crippen MR) is 71.2 cm³/mol. The highest BCUT2D eigenvalue weighted by Gasteiger charge is 1.99. The van der Waals surface area contributed by atoms with Crippen LogP contribution in [0.1, 0.15) is 11.1 Å². The van der Waals surface area contributed by atoms with E-state index in [4.69, 9.17) is 23.2 Å². The van der Waals surface area contributed by atoms with Crippen LogP contribution in [0.25, 0.3) is 0 Å². The Hall–Kier alpha value is -1.09. The van der Waals surface area contributed by atoms with Gasteiger partial charge in [-0.3, -0.25) is 4.98 Å². The highest BCUT2D eigenvalue weighted by atomic mass is 35.5. The number of hydrogen-bond donors (Lipinski definition) is 1. The van der Waals surface area contributed by atoms with Gasteiger partial charge in [0.1, 0.15) is 0 Å². The first-order valence-electron chi connectivity index (χ1n) is 5.29. The molecular formula is C13H12Cl2N2. The van der Waals surface area contributed by atoms with Crippen molar-refractivity contribution in [2.45, 2.75) is 13.1 Å². The second-order valence-electron chi connectivity index (χ2n) is 3.71. The number of halogens is 2. The maximum absolute atomic E-state index is 5.94. The van der Waals surface area contributed by atoms with Crippen LogP contribution in [0.5, 0.6) is 0 Å². The van der Waals surface area contributed by atoms with E-state index in [1.54, 1.807) is 12.4 Å². The van der Waals surface area contributed by atoms with Gasteiger partial charge in [-0.15, -0.1) is 0 Å². The van der Waals surface area contributed by atoms with Gasteiger partial charge in [0, 0.05) is 25.5 Å². The molecule has 0 aliphatic carbocycles. The normalized spacial score (nSPS) is 10.5. The zero-order chi connectivity index (χ0) is 12.1. The molecule has 1 aromatic heterocycles. The molecule has 0 aliphatic rings. The third-order valence-electron chi connectivity index (χ3n) is 2.39. The number of nitrogens with one attached hydrogen (secondary N) is 1. The van der Waals surface area contributed by atoms with Gasteiger partial charge >= 0.3 is 0 Å². The van der Waals surface area contributed by atoms with Crippen LogP contribution in [-0.4, -0.2) is 4.98 Å². The summed E-state index contributed by atoms with van der Waals surface area (Å²) in [7, 11) is 0. The van der Waals surface area contributed by atoms with Crippen molar-refractivity contribution >= 4 is 23.2 Å². The third-order valence-corrected chi connectivity index (χ3v) is 3.13. The molecule has 0 aliphatic heterocycles. The summed E-state index contributed by atoms with van der Waals surface area (Å²) in [5.41, 5.74) is 2.33. The number of aromatic nitrogens is 1. The lowest BCUT2D eigenvalue weighted by Gasteiger charge is -2.06. The summed E-state index contributed by atoms with van der Waals surface area (Å²) in [5.74, 6) is 0. The molecule has 1 heterocycles. The lowest BCUT2D eigenvalue weighted by atomic mass is 10.2. The fraction of sp³-hybridized carbons (Fsp3) is 0.154. The number of nitrogens with zero attached hydrogens (tertiary/aromatic N) is 1. The lowest BCUT2D eigenvalue weighted by Crippen LogP contribution is -2.12. The Labute approximate surface area is 111 Å². The van der Waals surface area contributed by atoms with Crippen LogP contribution in [0, 0.1) is 0 Å². The van der Waals surface area contributed by atoms with E-state index in [0.29, 0.717) is 10.0 Å². The Balaban J connectivity index is 1.88. The van der Waals surface area contributed by atoms with Crippen LogP contribution >= 0.6 is 23.2 Å². The van der Waals surface area contributed by atoms with Crippen LogP contribution in [0.3, 0.4) is 0 Å². The molecule has 1 N–H and O–H groups in total. The second kappa shape index (κ2) is 6.01. The Morgan fingerprint density at radius 1 is 0.882 bits per heavy atom. The van der Waals surface area contributed by atoms with Crippen molar-refractivity contribution in [1.82, 2.24) is 10.3 Å². The number of hydrogen-bond acceptors (Lipinski definition) is 2. The van der Waals surface area contributed by atoms with E-state index in [1.165, 1.54) is 5.56 Å². The van der Waals surface area contributed by atoms with Crippen molar-refractivity contribution in [3.63, 3.8) is 0 Å². The van der Waals surface area contributed by atoms with Crippen molar-refractivity contribution in [3.8, 4) is 0 Å². The molecule has 0 saturated carbocycles. The Morgan fingerprint density at radius 3 is 2.29 bits per heavy atom. The topological polar surface area (TPSA) is 24.9 Å². The largest absolute Gasteiger partial charge is 0.309 e. The molecule has 88 valence electrons. The Bertz CT molecular complexity index is 486. The van der Waals surface area contributed by atoms with Gasteiger partial charge in [-0.25, -0.2) is 0 Å². The standard InChI is InChI=1S/C13H12Cl2N2/c14-12-2-1-11(7-13(12)15)9-17-8-10-3-5-16-6-4-10/h1-7,17H,8-9H2. The van der Waals surface area contributed by atoms with Crippen molar-refractivity contribution < 1.29 is 0 Å². The van der Waals surface area contributed by atoms with Gasteiger partial charge in [0.25, 0.3) is 0 Å². The molecule has 4 heteroatoms. The molecule has 0 atom stereocenters. The van der Waals surface area contributed by atoms with Crippen molar-refractivity contribution in [2.75, 3.05) is 0 Å². The molecule has 1 aromatic carbocycles. The van der Waals surface area contributed by atoms with Gasteiger partial charge in [-0.1, -0.05) is 29.3 Å². The summed E-state index contributed by atoms with van der Waals surface area (Å²) in [6.45, 7) is 1.57. The summed E-state index contributed by atoms with van der Waals surface area (Å²) >= 11 is 11.8. The minimum absolute atomic E-state index is 0.588. The molecule has 0 radical (unpaired) electrons. The maximum atomic E-state index is 5.94. The predicted octanol–water partition coefficient (Wildman–Crippen LogP) is 3.68. The SMILES string of the molecule is Clc1ccc(CNCc2ccncc2)cc1Cl. The minimum atomic E-state index is 0.588. The zero-order valence-corrected chi connectivity index (χ0v) is 10.7. The summed E-state index contributed by atoms with van der Waals surface area (Å²) < 4.78 is 0. The quantitative estimate of drug-likeness (QED) is 0.914. The van der Waals surface area contributed by atoms with E-state index in [0.717, 1.165) is 18.7 Å². The molecule has 2 aromatic rings. The first-order valence-corrected chi connectivity index (χ1v) is 6.05. The number of pyridine rings is 1. The molecule has 17 heavy (non-hydrogen) atoms. The molecule has 0 amide bonds. The minimum Gasteiger partial charge on any atom is -0.309 e. The van der Waals surface area contributed by atoms with Gasteiger partial charge < -0.3 is 5.32 Å². The second-order valence-corrected chi connectivity index (χ2v) is 4.52. The summed E-state index contributed by atoms with van der Waals surface area (Å²) in [6.07, 6.45) is 3.58. The number of rotatable bonds is 4. The van der Waals surface area contributed by atoms with E-state index in [2.05, 4.69) is 10.3 Å². The van der Waals surface area contributed by atoms with Gasteiger partial charge in [0.15, 0.2) is 0 Å². The Morgan fingerprint density at radius 2 is 1.59 bits per heavy atom. The van der Waals surface area contributed by atoms with E-state index in [9.17, 15) is 0 Å². The fourth-order valence-electron chi connectivity index (χ4n) is 1.50. The van der Waals surface area contributed by atoms with Crippen LogP contribution in [0.15, 0.2) is 42.7 Å². The van der Waals surface area contributed by atoms with Crippen LogP contribution in [0.4, 0.5) is 0 Å². The molecule has 0 saturated heterocycles. The van der Waals surface area contributed by atoms with Crippen molar-refractivity contribution in [3.05, 3.63) is 63.9 Å². The van der Waals surface area contributed by atoms with E-state index >= 15 is 0 Å². The Kier molecular flexibility index (Phi) is 4.37. The molecule has 0 fully saturated rings. The molecular weight excluding hydrogens is 255 g/mol. The van der Waals surface area contributed by atoms with Crippen LogP contribution in [0.2, 0.25) is 10.0 Å². The molecule has 2 nitrogen and oxygen atoms in total. The smallest absolute Gasteiger partial charge is 0.0595 e. The van der Waals surface area contributed by atoms with Crippen LogP contribution in [-0.2, 0) is 13.1 Å². The third kappa shape index (κ3) is 3.70. The fourth-order valence-corrected chi connectivity index (χ4v) is 1.82. The van der Waals surface area contributed by atoms with Gasteiger partial charge in [-0.05, 0) is 35.4 Å². The van der Waals surface area contributed by atoms with E-state index < -0.39 is 0 Å². The maximum Gasteiger partial charge on any atom is 0.0595 e. The summed E-state index contributed by atoms with van der Waals surface area (Å²) in [6, 6.07) is 9.63. The van der Waals surface area contributed by atoms with Gasteiger partial charge in [-0.2, -0.15) is 0 Å². The van der Waals surface area contributed by atoms with Crippen molar-refractivity contribution in [2.24, 2.45) is 0 Å². The molecule has 0 bridgehead atoms. The first kappa shape index (κ1) is 12.4. The van der Waals surface area contributed by atoms with Crippen LogP contribution < -0.4 is 5.32 Å². The van der Waals surface area contributed by atoms with Crippen molar-refractivity contribution in [1.29, 1.82) is 0 Å².